The molecule has 0 bridgehead atoms. The Kier molecular flexibility index (Phi) is 4.54. The zero-order chi connectivity index (χ0) is 12.8. The molecule has 0 radical (unpaired) electrons. The van der Waals surface area contributed by atoms with Crippen molar-refractivity contribution in [2.24, 2.45) is 0 Å². The number of rotatable bonds is 5. The largest absolute Gasteiger partial charge is 0.490 e. The van der Waals surface area contributed by atoms with Crippen molar-refractivity contribution in [1.29, 1.82) is 5.26 Å². The average molecular weight is 248 g/mol. The summed E-state index contributed by atoms with van der Waals surface area (Å²) in [5.74, 6) is -0.231. The summed E-state index contributed by atoms with van der Waals surface area (Å²) in [7, 11) is 0. The predicted octanol–water partition coefficient (Wildman–Crippen LogP) is 2.56. The molecule has 0 unspecified atom stereocenters. The van der Waals surface area contributed by atoms with Crippen molar-refractivity contribution in [3.8, 4) is 11.8 Å². The van der Waals surface area contributed by atoms with E-state index in [1.54, 1.807) is 6.07 Å². The molecule has 0 amide bonds. The number of nitriles is 1. The van der Waals surface area contributed by atoms with Gasteiger partial charge in [-0.05, 0) is 50.6 Å². The summed E-state index contributed by atoms with van der Waals surface area (Å²) in [6, 6.07) is 6.19. The van der Waals surface area contributed by atoms with Crippen LogP contribution >= 0.6 is 0 Å². The molecule has 1 aromatic rings. The van der Waals surface area contributed by atoms with Gasteiger partial charge < -0.3 is 9.64 Å². The number of ether oxygens (including phenoxy) is 1. The second-order valence-electron chi connectivity index (χ2n) is 4.51. The smallest absolute Gasteiger partial charge is 0.166 e. The third-order valence-corrected chi connectivity index (χ3v) is 3.14. The maximum atomic E-state index is 13.5. The van der Waals surface area contributed by atoms with Gasteiger partial charge in [-0.15, -0.1) is 0 Å². The first-order valence-electron chi connectivity index (χ1n) is 6.34. The van der Waals surface area contributed by atoms with Crippen LogP contribution in [-0.2, 0) is 0 Å². The molecule has 2 rings (SSSR count). The minimum atomic E-state index is -0.463. The van der Waals surface area contributed by atoms with E-state index in [-0.39, 0.29) is 5.75 Å². The highest BCUT2D eigenvalue weighted by molar-refractivity contribution is 5.35. The fourth-order valence-electron chi connectivity index (χ4n) is 2.16. The van der Waals surface area contributed by atoms with Gasteiger partial charge in [-0.25, -0.2) is 4.39 Å². The molecule has 1 aliphatic rings. The SMILES string of the molecule is N#Cc1ccc(OCCCN2CCCC2)c(F)c1. The van der Waals surface area contributed by atoms with Crippen molar-refractivity contribution < 1.29 is 9.13 Å². The summed E-state index contributed by atoms with van der Waals surface area (Å²) in [5, 5.41) is 8.63. The topological polar surface area (TPSA) is 36.3 Å². The number of likely N-dealkylation sites (tertiary alicyclic amines) is 1. The molecule has 0 aliphatic carbocycles. The van der Waals surface area contributed by atoms with Crippen LogP contribution in [0.25, 0.3) is 0 Å². The summed E-state index contributed by atoms with van der Waals surface area (Å²) < 4.78 is 18.9. The first kappa shape index (κ1) is 12.8. The minimum absolute atomic E-state index is 0.232. The maximum absolute atomic E-state index is 13.5. The quantitative estimate of drug-likeness (QED) is 0.751. The highest BCUT2D eigenvalue weighted by atomic mass is 19.1. The van der Waals surface area contributed by atoms with Crippen LogP contribution in [0.15, 0.2) is 18.2 Å². The molecule has 3 nitrogen and oxygen atoms in total. The Balaban J connectivity index is 1.74. The van der Waals surface area contributed by atoms with Gasteiger partial charge in [0.15, 0.2) is 11.6 Å². The zero-order valence-corrected chi connectivity index (χ0v) is 10.4. The molecule has 1 aromatic carbocycles. The van der Waals surface area contributed by atoms with E-state index in [9.17, 15) is 4.39 Å². The van der Waals surface area contributed by atoms with Gasteiger partial charge in [-0.2, -0.15) is 5.26 Å². The molecule has 0 spiro atoms. The molecule has 1 fully saturated rings. The Hall–Kier alpha value is -1.60. The lowest BCUT2D eigenvalue weighted by molar-refractivity contribution is 0.256. The normalized spacial score (nSPS) is 15.6. The van der Waals surface area contributed by atoms with Crippen LogP contribution < -0.4 is 4.74 Å². The van der Waals surface area contributed by atoms with Crippen LogP contribution in [0.1, 0.15) is 24.8 Å². The van der Waals surface area contributed by atoms with E-state index in [0.29, 0.717) is 12.2 Å². The lowest BCUT2D eigenvalue weighted by Crippen LogP contribution is -2.22. The summed E-state index contributed by atoms with van der Waals surface area (Å²) >= 11 is 0. The van der Waals surface area contributed by atoms with Gasteiger partial charge in [0.2, 0.25) is 0 Å². The molecule has 0 atom stereocenters. The summed E-state index contributed by atoms with van der Waals surface area (Å²) in [6.07, 6.45) is 3.47. The van der Waals surface area contributed by atoms with E-state index >= 15 is 0 Å². The molecular weight excluding hydrogens is 231 g/mol. The Bertz CT molecular complexity index is 436. The van der Waals surface area contributed by atoms with E-state index < -0.39 is 5.82 Å². The second kappa shape index (κ2) is 6.36. The Morgan fingerprint density at radius 1 is 1.33 bits per heavy atom. The van der Waals surface area contributed by atoms with E-state index in [0.717, 1.165) is 13.0 Å². The van der Waals surface area contributed by atoms with Crippen LogP contribution in [0.2, 0.25) is 0 Å². The first-order chi connectivity index (χ1) is 8.79. The van der Waals surface area contributed by atoms with E-state index in [1.165, 1.54) is 38.1 Å². The van der Waals surface area contributed by atoms with Gasteiger partial charge in [0.1, 0.15) is 0 Å². The van der Waals surface area contributed by atoms with Gasteiger partial charge in [0.25, 0.3) is 0 Å². The molecule has 4 heteroatoms. The van der Waals surface area contributed by atoms with E-state index in [2.05, 4.69) is 4.90 Å². The van der Waals surface area contributed by atoms with Crippen molar-refractivity contribution in [3.05, 3.63) is 29.6 Å². The van der Waals surface area contributed by atoms with Gasteiger partial charge in [-0.3, -0.25) is 0 Å². The lowest BCUT2D eigenvalue weighted by atomic mass is 10.2. The summed E-state index contributed by atoms with van der Waals surface area (Å²) in [6.45, 7) is 3.87. The molecule has 0 N–H and O–H groups in total. The van der Waals surface area contributed by atoms with E-state index in [1.807, 2.05) is 6.07 Å². The molecule has 0 saturated carbocycles. The molecule has 18 heavy (non-hydrogen) atoms. The van der Waals surface area contributed by atoms with Crippen LogP contribution in [0.3, 0.4) is 0 Å². The van der Waals surface area contributed by atoms with Crippen molar-refractivity contribution in [2.45, 2.75) is 19.3 Å². The first-order valence-corrected chi connectivity index (χ1v) is 6.34. The van der Waals surface area contributed by atoms with Crippen LogP contribution in [0.4, 0.5) is 4.39 Å². The van der Waals surface area contributed by atoms with Crippen molar-refractivity contribution in [2.75, 3.05) is 26.2 Å². The van der Waals surface area contributed by atoms with Crippen molar-refractivity contribution >= 4 is 0 Å². The molecule has 96 valence electrons. The minimum Gasteiger partial charge on any atom is -0.490 e. The Morgan fingerprint density at radius 3 is 2.78 bits per heavy atom. The second-order valence-corrected chi connectivity index (χ2v) is 4.51. The summed E-state index contributed by atoms with van der Waals surface area (Å²) in [4.78, 5) is 2.40. The molecular formula is C14H17FN2O. The van der Waals surface area contributed by atoms with Gasteiger partial charge in [0.05, 0.1) is 18.2 Å². The van der Waals surface area contributed by atoms with Crippen LogP contribution in [0.5, 0.6) is 5.75 Å². The molecule has 0 aromatic heterocycles. The highest BCUT2D eigenvalue weighted by Crippen LogP contribution is 2.18. The standard InChI is InChI=1S/C14H17FN2O/c15-13-10-12(11-16)4-5-14(13)18-9-3-8-17-6-1-2-7-17/h4-5,10H,1-3,6-9H2. The Morgan fingerprint density at radius 2 is 2.11 bits per heavy atom. The van der Waals surface area contributed by atoms with Crippen molar-refractivity contribution in [1.82, 2.24) is 4.90 Å². The number of halogens is 1. The number of hydrogen-bond donors (Lipinski definition) is 0. The maximum Gasteiger partial charge on any atom is 0.166 e. The van der Waals surface area contributed by atoms with Gasteiger partial charge in [0, 0.05) is 6.54 Å². The number of hydrogen-bond acceptors (Lipinski definition) is 3. The fraction of sp³-hybridized carbons (Fsp3) is 0.500. The summed E-state index contributed by atoms with van der Waals surface area (Å²) in [5.41, 5.74) is 0.317. The number of benzene rings is 1. The monoisotopic (exact) mass is 248 g/mol. The average Bonchev–Trinajstić information content (AvgIpc) is 2.89. The van der Waals surface area contributed by atoms with Crippen LogP contribution in [0, 0.1) is 17.1 Å². The highest BCUT2D eigenvalue weighted by Gasteiger charge is 2.10. The molecule has 1 saturated heterocycles. The third kappa shape index (κ3) is 3.44. The number of nitrogens with zero attached hydrogens (tertiary/aromatic N) is 2. The fourth-order valence-corrected chi connectivity index (χ4v) is 2.16. The van der Waals surface area contributed by atoms with Gasteiger partial charge >= 0.3 is 0 Å². The van der Waals surface area contributed by atoms with Crippen molar-refractivity contribution in [3.63, 3.8) is 0 Å². The zero-order valence-electron chi connectivity index (χ0n) is 10.4. The Labute approximate surface area is 107 Å². The van der Waals surface area contributed by atoms with E-state index in [4.69, 9.17) is 10.00 Å². The van der Waals surface area contributed by atoms with Gasteiger partial charge in [-0.1, -0.05) is 0 Å². The predicted molar refractivity (Wildman–Crippen MR) is 66.9 cm³/mol. The third-order valence-electron chi connectivity index (χ3n) is 3.14. The molecule has 1 heterocycles. The lowest BCUT2D eigenvalue weighted by Gasteiger charge is -2.14. The van der Waals surface area contributed by atoms with Crippen LogP contribution in [-0.4, -0.2) is 31.1 Å². The molecule has 1 aliphatic heterocycles.